The van der Waals surface area contributed by atoms with Gasteiger partial charge in [-0.05, 0) is 30.3 Å². The normalized spacial score (nSPS) is 15.8. The highest BCUT2D eigenvalue weighted by Crippen LogP contribution is 2.33. The molecule has 0 aliphatic carbocycles. The van der Waals surface area contributed by atoms with E-state index in [4.69, 9.17) is 16.3 Å². The average Bonchev–Trinajstić information content (AvgIpc) is 2.89. The quantitative estimate of drug-likeness (QED) is 0.860. The molecule has 0 spiro atoms. The van der Waals surface area contributed by atoms with Crippen LogP contribution in [-0.4, -0.2) is 33.1 Å². The third-order valence-corrected chi connectivity index (χ3v) is 5.86. The Labute approximate surface area is 155 Å². The van der Waals surface area contributed by atoms with Crippen molar-refractivity contribution in [3.05, 3.63) is 53.1 Å². The molecule has 0 radical (unpaired) electrons. The molecular formula is C17H15ClN2O5S. The molecule has 1 heterocycles. The van der Waals surface area contributed by atoms with Gasteiger partial charge in [-0.25, -0.2) is 12.7 Å². The Kier molecular flexibility index (Phi) is 4.88. The minimum absolute atomic E-state index is 0.0261. The minimum atomic E-state index is -3.78. The van der Waals surface area contributed by atoms with E-state index in [1.54, 1.807) is 24.3 Å². The summed E-state index contributed by atoms with van der Waals surface area (Å²) in [5, 5.41) is 2.75. The first-order valence-corrected chi connectivity index (χ1v) is 9.62. The lowest BCUT2D eigenvalue weighted by Gasteiger charge is -2.17. The number of nitrogens with zero attached hydrogens (tertiary/aromatic N) is 1. The minimum Gasteiger partial charge on any atom is -0.495 e. The fraction of sp³-hybridized carbons (Fsp3) is 0.176. The molecule has 1 aliphatic heterocycles. The van der Waals surface area contributed by atoms with Crippen molar-refractivity contribution in [2.45, 2.75) is 6.42 Å². The maximum Gasteiger partial charge on any atom is 0.255 e. The van der Waals surface area contributed by atoms with E-state index in [1.165, 1.54) is 25.3 Å². The largest absolute Gasteiger partial charge is 0.495 e. The van der Waals surface area contributed by atoms with Gasteiger partial charge in [-0.15, -0.1) is 0 Å². The Hall–Kier alpha value is -2.58. The fourth-order valence-electron chi connectivity index (χ4n) is 2.60. The molecule has 2 aromatic carbocycles. The zero-order valence-electron chi connectivity index (χ0n) is 13.7. The van der Waals surface area contributed by atoms with E-state index in [0.29, 0.717) is 15.7 Å². The molecule has 1 fully saturated rings. The molecule has 0 aromatic heterocycles. The summed E-state index contributed by atoms with van der Waals surface area (Å²) in [5.41, 5.74) is 0.591. The summed E-state index contributed by atoms with van der Waals surface area (Å²) in [6.45, 7) is 0. The van der Waals surface area contributed by atoms with E-state index in [-0.39, 0.29) is 28.4 Å². The number of hydrogen-bond acceptors (Lipinski definition) is 5. The van der Waals surface area contributed by atoms with Crippen LogP contribution in [0.4, 0.5) is 11.4 Å². The molecule has 1 aliphatic rings. The maximum absolute atomic E-state index is 12.5. The lowest BCUT2D eigenvalue weighted by atomic mass is 10.1. The lowest BCUT2D eigenvalue weighted by Crippen LogP contribution is -2.30. The van der Waals surface area contributed by atoms with Gasteiger partial charge in [-0.1, -0.05) is 23.7 Å². The number of carbonyl (C=O) groups excluding carboxylic acids is 2. The van der Waals surface area contributed by atoms with Crippen molar-refractivity contribution in [3.63, 3.8) is 0 Å². The van der Waals surface area contributed by atoms with E-state index < -0.39 is 21.8 Å². The first-order chi connectivity index (χ1) is 12.3. The van der Waals surface area contributed by atoms with Crippen molar-refractivity contribution in [2.24, 2.45) is 0 Å². The number of methoxy groups -OCH3 is 1. The maximum atomic E-state index is 12.5. The van der Waals surface area contributed by atoms with Crippen molar-refractivity contribution in [1.82, 2.24) is 0 Å². The molecule has 0 saturated carbocycles. The molecular weight excluding hydrogens is 380 g/mol. The van der Waals surface area contributed by atoms with Gasteiger partial charge in [0.25, 0.3) is 5.91 Å². The molecule has 7 nitrogen and oxygen atoms in total. The number of halogens is 1. The molecule has 26 heavy (non-hydrogen) atoms. The second-order valence-corrected chi connectivity index (χ2v) is 7.89. The first-order valence-electron chi connectivity index (χ1n) is 7.63. The highest BCUT2D eigenvalue weighted by Gasteiger charge is 2.37. The van der Waals surface area contributed by atoms with Gasteiger partial charge in [0.15, 0.2) is 0 Å². The molecule has 1 N–H and O–H groups in total. The highest BCUT2D eigenvalue weighted by molar-refractivity contribution is 7.94. The van der Waals surface area contributed by atoms with Crippen LogP contribution < -0.4 is 14.4 Å². The number of amides is 2. The molecule has 0 bridgehead atoms. The Balaban J connectivity index is 1.95. The average molecular weight is 395 g/mol. The van der Waals surface area contributed by atoms with Crippen LogP contribution in [0.2, 0.25) is 5.02 Å². The number of rotatable bonds is 4. The summed E-state index contributed by atoms with van der Waals surface area (Å²) in [6.07, 6.45) is -0.115. The van der Waals surface area contributed by atoms with Gasteiger partial charge >= 0.3 is 0 Å². The summed E-state index contributed by atoms with van der Waals surface area (Å²) in [6, 6.07) is 11.0. The summed E-state index contributed by atoms with van der Waals surface area (Å²) in [5.74, 6) is -0.863. The zero-order valence-corrected chi connectivity index (χ0v) is 15.3. The van der Waals surface area contributed by atoms with Crippen LogP contribution in [0.5, 0.6) is 5.75 Å². The number of carbonyl (C=O) groups is 2. The Morgan fingerprint density at radius 3 is 2.62 bits per heavy atom. The summed E-state index contributed by atoms with van der Waals surface area (Å²) in [7, 11) is -2.29. The van der Waals surface area contributed by atoms with Gasteiger partial charge in [0.1, 0.15) is 5.75 Å². The topological polar surface area (TPSA) is 92.8 Å². The van der Waals surface area contributed by atoms with Gasteiger partial charge in [-0.2, -0.15) is 0 Å². The second kappa shape index (κ2) is 6.97. The number of hydrogen-bond donors (Lipinski definition) is 1. The fourth-order valence-corrected chi connectivity index (χ4v) is 4.32. The predicted molar refractivity (Wildman–Crippen MR) is 98.3 cm³/mol. The smallest absolute Gasteiger partial charge is 0.255 e. The van der Waals surface area contributed by atoms with Gasteiger partial charge in [0.2, 0.25) is 15.9 Å². The predicted octanol–water partition coefficient (Wildman–Crippen LogP) is 2.67. The molecule has 1 saturated heterocycles. The van der Waals surface area contributed by atoms with E-state index in [9.17, 15) is 18.0 Å². The third-order valence-electron chi connectivity index (χ3n) is 3.86. The molecule has 9 heteroatoms. The number of para-hydroxylation sites is 2. The number of ether oxygens (including phenoxy) is 1. The lowest BCUT2D eigenvalue weighted by molar-refractivity contribution is -0.116. The number of benzene rings is 2. The van der Waals surface area contributed by atoms with Crippen molar-refractivity contribution >= 4 is 44.8 Å². The van der Waals surface area contributed by atoms with Crippen LogP contribution in [0.1, 0.15) is 16.8 Å². The molecule has 0 atom stereocenters. The third kappa shape index (κ3) is 3.38. The van der Waals surface area contributed by atoms with Gasteiger partial charge in [0.05, 0.1) is 29.3 Å². The SMILES string of the molecule is COc1ccccc1NC(=O)c1ccc(Cl)c(N2C(=O)CCS2(=O)=O)c1. The van der Waals surface area contributed by atoms with Crippen molar-refractivity contribution in [1.29, 1.82) is 0 Å². The molecule has 2 aromatic rings. The van der Waals surface area contributed by atoms with Crippen LogP contribution in [-0.2, 0) is 14.8 Å². The monoisotopic (exact) mass is 394 g/mol. The Morgan fingerprint density at radius 2 is 1.96 bits per heavy atom. The van der Waals surface area contributed by atoms with Crippen LogP contribution in [0.3, 0.4) is 0 Å². The first kappa shape index (κ1) is 18.2. The number of anilines is 2. The van der Waals surface area contributed by atoms with Gasteiger partial charge < -0.3 is 10.1 Å². The Bertz CT molecular complexity index is 990. The van der Waals surface area contributed by atoms with E-state index in [0.717, 1.165) is 0 Å². The highest BCUT2D eigenvalue weighted by atomic mass is 35.5. The van der Waals surface area contributed by atoms with Crippen LogP contribution in [0, 0.1) is 0 Å². The van der Waals surface area contributed by atoms with Gasteiger partial charge in [0, 0.05) is 12.0 Å². The summed E-state index contributed by atoms with van der Waals surface area (Å²) < 4.78 is 30.1. The summed E-state index contributed by atoms with van der Waals surface area (Å²) in [4.78, 5) is 24.5. The molecule has 3 rings (SSSR count). The summed E-state index contributed by atoms with van der Waals surface area (Å²) >= 11 is 6.07. The zero-order chi connectivity index (χ0) is 18.9. The van der Waals surface area contributed by atoms with Crippen LogP contribution in [0.15, 0.2) is 42.5 Å². The second-order valence-electron chi connectivity index (χ2n) is 5.54. The van der Waals surface area contributed by atoms with E-state index in [1.807, 2.05) is 0 Å². The van der Waals surface area contributed by atoms with E-state index >= 15 is 0 Å². The van der Waals surface area contributed by atoms with Crippen molar-refractivity contribution < 1.29 is 22.7 Å². The van der Waals surface area contributed by atoms with Crippen LogP contribution in [0.25, 0.3) is 0 Å². The number of nitrogens with one attached hydrogen (secondary N) is 1. The van der Waals surface area contributed by atoms with Crippen LogP contribution >= 0.6 is 11.6 Å². The molecule has 136 valence electrons. The molecule has 0 unspecified atom stereocenters. The van der Waals surface area contributed by atoms with Crippen molar-refractivity contribution in [2.75, 3.05) is 22.5 Å². The van der Waals surface area contributed by atoms with Gasteiger partial charge in [-0.3, -0.25) is 9.59 Å². The molecule has 2 amide bonds. The Morgan fingerprint density at radius 1 is 1.23 bits per heavy atom. The van der Waals surface area contributed by atoms with Crippen molar-refractivity contribution in [3.8, 4) is 5.75 Å². The van der Waals surface area contributed by atoms with E-state index in [2.05, 4.69) is 5.32 Å². The standard InChI is InChI=1S/C17H15ClN2O5S/c1-25-15-5-3-2-4-13(15)19-17(22)11-6-7-12(18)14(10-11)20-16(21)8-9-26(20,23)24/h2-7,10H,8-9H2,1H3,(H,19,22). The number of sulfonamides is 1.